The van der Waals surface area contributed by atoms with Crippen LogP contribution in [0.25, 0.3) is 0 Å². The van der Waals surface area contributed by atoms with Crippen LogP contribution in [0.2, 0.25) is 5.02 Å². The van der Waals surface area contributed by atoms with Gasteiger partial charge in [0.1, 0.15) is 12.6 Å². The molecule has 0 aromatic heterocycles. The van der Waals surface area contributed by atoms with Crippen molar-refractivity contribution in [1.82, 2.24) is 10.2 Å². The average Bonchev–Trinajstić information content (AvgIpc) is 2.87. The van der Waals surface area contributed by atoms with Gasteiger partial charge in [-0.05, 0) is 68.1 Å². The number of carbonyl (C=O) groups is 2. The molecule has 3 rings (SSSR count). The van der Waals surface area contributed by atoms with Gasteiger partial charge >= 0.3 is 0 Å². The molecular formula is C30H36ClN3O4S. The number of sulfonamides is 1. The Morgan fingerprint density at radius 1 is 0.897 bits per heavy atom. The number of nitrogens with zero attached hydrogens (tertiary/aromatic N) is 2. The second kappa shape index (κ2) is 13.1. The van der Waals surface area contributed by atoms with Crippen LogP contribution in [-0.4, -0.2) is 50.0 Å². The Morgan fingerprint density at radius 3 is 2.13 bits per heavy atom. The molecule has 7 nitrogen and oxygen atoms in total. The van der Waals surface area contributed by atoms with Crippen LogP contribution in [-0.2, 0) is 32.6 Å². The van der Waals surface area contributed by atoms with Crippen LogP contribution >= 0.6 is 11.6 Å². The molecule has 0 aliphatic heterocycles. The van der Waals surface area contributed by atoms with Crippen LogP contribution in [0.1, 0.15) is 36.1 Å². The van der Waals surface area contributed by atoms with E-state index in [0.717, 1.165) is 32.8 Å². The van der Waals surface area contributed by atoms with Gasteiger partial charge in [0.15, 0.2) is 0 Å². The molecule has 39 heavy (non-hydrogen) atoms. The molecule has 3 aromatic carbocycles. The summed E-state index contributed by atoms with van der Waals surface area (Å²) >= 11 is 6.08. The first kappa shape index (κ1) is 30.2. The Bertz CT molecular complexity index is 1390. The summed E-state index contributed by atoms with van der Waals surface area (Å²) in [5.41, 5.74) is 3.75. The van der Waals surface area contributed by atoms with Gasteiger partial charge in [0.05, 0.1) is 11.9 Å². The maximum atomic E-state index is 14.1. The van der Waals surface area contributed by atoms with Crippen LogP contribution < -0.4 is 9.62 Å². The van der Waals surface area contributed by atoms with Gasteiger partial charge in [0.2, 0.25) is 21.8 Å². The first-order chi connectivity index (χ1) is 18.4. The molecule has 3 aromatic rings. The second-order valence-corrected chi connectivity index (χ2v) is 12.3. The number of anilines is 1. The minimum Gasteiger partial charge on any atom is -0.352 e. The van der Waals surface area contributed by atoms with E-state index in [1.807, 2.05) is 64.1 Å². The highest BCUT2D eigenvalue weighted by Gasteiger charge is 2.33. The molecule has 208 valence electrons. The number of hydrogen-bond acceptors (Lipinski definition) is 4. The number of benzene rings is 3. The smallest absolute Gasteiger partial charge is 0.244 e. The second-order valence-electron chi connectivity index (χ2n) is 10.0. The van der Waals surface area contributed by atoms with Gasteiger partial charge in [-0.1, -0.05) is 66.2 Å². The number of amides is 2. The van der Waals surface area contributed by atoms with Gasteiger partial charge in [0.25, 0.3) is 0 Å². The van der Waals surface area contributed by atoms with Crippen molar-refractivity contribution < 1.29 is 18.0 Å². The van der Waals surface area contributed by atoms with E-state index in [9.17, 15) is 18.0 Å². The standard InChI is InChI=1S/C30H36ClN3O4S/c1-21(2)32-30(36)28(18-24-11-7-6-8-12-24)33(19-25-14-16-26(31)17-15-25)29(35)20-34(39(5,37)38)27-13-9-10-22(3)23(27)4/h6-17,21,28H,18-20H2,1-5H3,(H,32,36)/t28-/m1/s1. The molecule has 0 bridgehead atoms. The molecule has 1 atom stereocenters. The predicted molar refractivity (Wildman–Crippen MR) is 157 cm³/mol. The zero-order chi connectivity index (χ0) is 28.7. The minimum absolute atomic E-state index is 0.101. The summed E-state index contributed by atoms with van der Waals surface area (Å²) in [6.07, 6.45) is 1.35. The van der Waals surface area contributed by atoms with E-state index in [2.05, 4.69) is 5.32 Å². The molecule has 1 N–H and O–H groups in total. The van der Waals surface area contributed by atoms with Crippen LogP contribution in [0.15, 0.2) is 72.8 Å². The fourth-order valence-electron chi connectivity index (χ4n) is 4.32. The van der Waals surface area contributed by atoms with E-state index in [1.54, 1.807) is 36.4 Å². The van der Waals surface area contributed by atoms with Crippen molar-refractivity contribution in [2.75, 3.05) is 17.1 Å². The average molecular weight is 570 g/mol. The van der Waals surface area contributed by atoms with E-state index in [4.69, 9.17) is 11.6 Å². The van der Waals surface area contributed by atoms with Crippen LogP contribution in [0.3, 0.4) is 0 Å². The maximum absolute atomic E-state index is 14.1. The Balaban J connectivity index is 2.07. The van der Waals surface area contributed by atoms with Gasteiger partial charge in [-0.15, -0.1) is 0 Å². The van der Waals surface area contributed by atoms with Crippen molar-refractivity contribution in [2.45, 2.75) is 52.7 Å². The van der Waals surface area contributed by atoms with Gasteiger partial charge in [-0.25, -0.2) is 8.42 Å². The highest BCUT2D eigenvalue weighted by molar-refractivity contribution is 7.92. The summed E-state index contributed by atoms with van der Waals surface area (Å²) in [4.78, 5) is 29.1. The molecule has 0 heterocycles. The molecule has 0 fully saturated rings. The monoisotopic (exact) mass is 569 g/mol. The third-order valence-corrected chi connectivity index (χ3v) is 7.87. The van der Waals surface area contributed by atoms with Gasteiger partial charge in [-0.2, -0.15) is 0 Å². The Morgan fingerprint density at radius 2 is 1.54 bits per heavy atom. The lowest BCUT2D eigenvalue weighted by atomic mass is 10.0. The predicted octanol–water partition coefficient (Wildman–Crippen LogP) is 4.89. The minimum atomic E-state index is -3.82. The summed E-state index contributed by atoms with van der Waals surface area (Å²) in [6.45, 7) is 7.08. The summed E-state index contributed by atoms with van der Waals surface area (Å²) < 4.78 is 27.0. The number of hydrogen-bond donors (Lipinski definition) is 1. The van der Waals surface area contributed by atoms with E-state index in [-0.39, 0.29) is 24.9 Å². The van der Waals surface area contributed by atoms with E-state index >= 15 is 0 Å². The van der Waals surface area contributed by atoms with Crippen molar-refractivity contribution in [3.63, 3.8) is 0 Å². The van der Waals surface area contributed by atoms with Crippen LogP contribution in [0.4, 0.5) is 5.69 Å². The summed E-state index contributed by atoms with van der Waals surface area (Å²) in [7, 11) is -3.82. The van der Waals surface area contributed by atoms with Gasteiger partial charge in [-0.3, -0.25) is 13.9 Å². The third kappa shape index (κ3) is 8.31. The zero-order valence-electron chi connectivity index (χ0n) is 23.0. The Kier molecular flexibility index (Phi) is 10.2. The normalized spacial score (nSPS) is 12.2. The highest BCUT2D eigenvalue weighted by Crippen LogP contribution is 2.26. The van der Waals surface area contributed by atoms with Crippen LogP contribution in [0, 0.1) is 13.8 Å². The highest BCUT2D eigenvalue weighted by atomic mass is 35.5. The molecule has 0 unspecified atom stereocenters. The summed E-state index contributed by atoms with van der Waals surface area (Å²) in [6, 6.07) is 20.8. The molecule has 0 saturated heterocycles. The van der Waals surface area contributed by atoms with Crippen molar-refractivity contribution in [1.29, 1.82) is 0 Å². The number of carbonyl (C=O) groups excluding carboxylic acids is 2. The van der Waals surface area contributed by atoms with E-state index < -0.39 is 28.5 Å². The fourth-order valence-corrected chi connectivity index (χ4v) is 5.35. The first-order valence-corrected chi connectivity index (χ1v) is 15.0. The molecule has 0 spiro atoms. The number of rotatable bonds is 11. The molecule has 0 radical (unpaired) electrons. The number of aryl methyl sites for hydroxylation is 1. The lowest BCUT2D eigenvalue weighted by Crippen LogP contribution is -2.54. The molecule has 0 saturated carbocycles. The largest absolute Gasteiger partial charge is 0.352 e. The third-order valence-electron chi connectivity index (χ3n) is 6.49. The SMILES string of the molecule is Cc1cccc(N(CC(=O)N(Cc2ccc(Cl)cc2)[C@H](Cc2ccccc2)C(=O)NC(C)C)S(C)(=O)=O)c1C. The van der Waals surface area contributed by atoms with Gasteiger partial charge in [0, 0.05) is 24.0 Å². The van der Waals surface area contributed by atoms with Gasteiger partial charge < -0.3 is 10.2 Å². The van der Waals surface area contributed by atoms with E-state index in [1.165, 1.54) is 4.90 Å². The summed E-state index contributed by atoms with van der Waals surface area (Å²) in [5.74, 6) is -0.801. The summed E-state index contributed by atoms with van der Waals surface area (Å²) in [5, 5.41) is 3.49. The van der Waals surface area contributed by atoms with Crippen molar-refractivity contribution >= 4 is 39.1 Å². The van der Waals surface area contributed by atoms with E-state index in [0.29, 0.717) is 10.7 Å². The first-order valence-electron chi connectivity index (χ1n) is 12.8. The molecule has 0 aliphatic rings. The molecular weight excluding hydrogens is 534 g/mol. The van der Waals surface area contributed by atoms with Crippen molar-refractivity contribution in [3.05, 3.63) is 100 Å². The van der Waals surface area contributed by atoms with Crippen molar-refractivity contribution in [2.24, 2.45) is 0 Å². The quantitative estimate of drug-likeness (QED) is 0.356. The Labute approximate surface area is 236 Å². The number of nitrogens with one attached hydrogen (secondary N) is 1. The molecule has 9 heteroatoms. The lowest BCUT2D eigenvalue weighted by molar-refractivity contribution is -0.140. The van der Waals surface area contributed by atoms with Crippen LogP contribution in [0.5, 0.6) is 0 Å². The lowest BCUT2D eigenvalue weighted by Gasteiger charge is -2.34. The zero-order valence-corrected chi connectivity index (χ0v) is 24.6. The van der Waals surface area contributed by atoms with Crippen molar-refractivity contribution in [3.8, 4) is 0 Å². The Hall–Kier alpha value is -3.36. The molecule has 2 amide bonds. The molecule has 0 aliphatic carbocycles. The maximum Gasteiger partial charge on any atom is 0.244 e. The number of halogens is 1. The topological polar surface area (TPSA) is 86.8 Å². The fraction of sp³-hybridized carbons (Fsp3) is 0.333.